The van der Waals surface area contributed by atoms with E-state index in [4.69, 9.17) is 0 Å². The van der Waals surface area contributed by atoms with Gasteiger partial charge in [0.1, 0.15) is 5.82 Å². The van der Waals surface area contributed by atoms with Crippen molar-refractivity contribution in [2.75, 3.05) is 32.7 Å². The minimum Gasteiger partial charge on any atom is -0.290 e. The first kappa shape index (κ1) is 24.3. The molecule has 2 amide bonds. The van der Waals surface area contributed by atoms with Crippen LogP contribution in [0, 0.1) is 5.82 Å². The average molecular weight is 486 g/mol. The molecule has 0 N–H and O–H groups in total. The number of hydrogen-bond donors (Lipinski definition) is 0. The summed E-state index contributed by atoms with van der Waals surface area (Å²) >= 11 is 0. The molecule has 6 heteroatoms. The molecule has 1 atom stereocenters. The summed E-state index contributed by atoms with van der Waals surface area (Å²) in [6, 6.07) is 26.4. The first-order chi connectivity index (χ1) is 17.6. The van der Waals surface area contributed by atoms with Crippen LogP contribution in [0.1, 0.15) is 46.8 Å². The molecule has 5 nitrogen and oxygen atoms in total. The molecule has 2 fully saturated rings. The number of halogens is 1. The maximum Gasteiger partial charge on any atom is 0.260 e. The van der Waals surface area contributed by atoms with Crippen LogP contribution in [0.3, 0.4) is 0 Å². The van der Waals surface area contributed by atoms with Crippen LogP contribution in [0.5, 0.6) is 0 Å². The van der Waals surface area contributed by atoms with Crippen molar-refractivity contribution in [1.29, 1.82) is 0 Å². The summed E-state index contributed by atoms with van der Waals surface area (Å²) in [5.41, 5.74) is 2.88. The summed E-state index contributed by atoms with van der Waals surface area (Å²) in [5, 5.41) is 0. The second-order valence-electron chi connectivity index (χ2n) is 9.61. The van der Waals surface area contributed by atoms with Crippen molar-refractivity contribution >= 4 is 11.8 Å². The van der Waals surface area contributed by atoms with Gasteiger partial charge in [-0.05, 0) is 54.7 Å². The van der Waals surface area contributed by atoms with Gasteiger partial charge in [-0.25, -0.2) is 4.39 Å². The van der Waals surface area contributed by atoms with Gasteiger partial charge in [0.15, 0.2) is 0 Å². The fraction of sp³-hybridized carbons (Fsp3) is 0.333. The van der Waals surface area contributed by atoms with E-state index in [1.54, 1.807) is 0 Å². The fourth-order valence-corrected chi connectivity index (χ4v) is 5.50. The molecular weight excluding hydrogens is 453 g/mol. The van der Waals surface area contributed by atoms with Crippen LogP contribution in [-0.4, -0.2) is 65.3 Å². The van der Waals surface area contributed by atoms with Crippen LogP contribution in [-0.2, 0) is 4.79 Å². The fourth-order valence-electron chi connectivity index (χ4n) is 5.50. The number of piperazine rings is 1. The van der Waals surface area contributed by atoms with E-state index < -0.39 is 5.82 Å². The molecule has 3 aromatic rings. The first-order valence-electron chi connectivity index (χ1n) is 12.8. The van der Waals surface area contributed by atoms with Crippen LogP contribution < -0.4 is 0 Å². The summed E-state index contributed by atoms with van der Waals surface area (Å²) < 4.78 is 13.3. The Morgan fingerprint density at radius 1 is 0.750 bits per heavy atom. The second-order valence-corrected chi connectivity index (χ2v) is 9.61. The van der Waals surface area contributed by atoms with Crippen LogP contribution in [0.2, 0.25) is 0 Å². The lowest BCUT2D eigenvalue weighted by molar-refractivity contribution is -0.134. The zero-order valence-corrected chi connectivity index (χ0v) is 20.4. The van der Waals surface area contributed by atoms with E-state index in [1.165, 1.54) is 40.3 Å². The van der Waals surface area contributed by atoms with Gasteiger partial charge < -0.3 is 0 Å². The number of hydrogen-bond acceptors (Lipinski definition) is 4. The molecular formula is C30H32FN3O2. The third-order valence-corrected chi connectivity index (χ3v) is 7.38. The van der Waals surface area contributed by atoms with Crippen molar-refractivity contribution in [1.82, 2.24) is 14.7 Å². The van der Waals surface area contributed by atoms with E-state index in [9.17, 15) is 14.0 Å². The molecule has 186 valence electrons. The van der Waals surface area contributed by atoms with Gasteiger partial charge in [0, 0.05) is 38.3 Å². The van der Waals surface area contributed by atoms with E-state index in [2.05, 4.69) is 58.3 Å². The number of carbonyl (C=O) groups is 2. The lowest BCUT2D eigenvalue weighted by Crippen LogP contribution is -2.56. The van der Waals surface area contributed by atoms with Crippen molar-refractivity contribution in [3.8, 4) is 0 Å². The van der Waals surface area contributed by atoms with Gasteiger partial charge >= 0.3 is 0 Å². The molecule has 2 aliphatic rings. The number of carbonyl (C=O) groups excluding carboxylic acids is 2. The van der Waals surface area contributed by atoms with Gasteiger partial charge in [-0.2, -0.15) is 0 Å². The normalized spacial score (nSPS) is 19.9. The van der Waals surface area contributed by atoms with Crippen molar-refractivity contribution in [2.24, 2.45) is 0 Å². The topological polar surface area (TPSA) is 43.9 Å². The monoisotopic (exact) mass is 485 g/mol. The molecule has 0 aliphatic carbocycles. The van der Waals surface area contributed by atoms with Crippen molar-refractivity contribution in [3.63, 3.8) is 0 Å². The van der Waals surface area contributed by atoms with Crippen molar-refractivity contribution < 1.29 is 14.0 Å². The molecule has 0 radical (unpaired) electrons. The van der Waals surface area contributed by atoms with Crippen LogP contribution in [0.25, 0.3) is 0 Å². The Labute approximate surface area is 212 Å². The summed E-state index contributed by atoms with van der Waals surface area (Å²) in [6.45, 7) is 3.63. The Kier molecular flexibility index (Phi) is 7.54. The van der Waals surface area contributed by atoms with Gasteiger partial charge in [0.05, 0.1) is 12.1 Å². The summed E-state index contributed by atoms with van der Waals surface area (Å²) in [4.78, 5) is 32.8. The third-order valence-electron chi connectivity index (χ3n) is 7.38. The number of nitrogens with zero attached hydrogens (tertiary/aromatic N) is 3. The molecule has 3 aromatic carbocycles. The summed E-state index contributed by atoms with van der Waals surface area (Å²) in [5.74, 6) is -0.856. The molecule has 0 spiro atoms. The number of likely N-dealkylation sites (tertiary alicyclic amines) is 1. The van der Waals surface area contributed by atoms with Crippen LogP contribution >= 0.6 is 0 Å². The summed E-state index contributed by atoms with van der Waals surface area (Å²) in [6.07, 6.45) is 2.45. The minimum absolute atomic E-state index is 0.127. The van der Waals surface area contributed by atoms with Gasteiger partial charge in [0.25, 0.3) is 5.91 Å². The molecule has 36 heavy (non-hydrogen) atoms. The third kappa shape index (κ3) is 5.25. The molecule has 0 unspecified atom stereocenters. The van der Waals surface area contributed by atoms with Crippen LogP contribution in [0.15, 0.2) is 84.9 Å². The largest absolute Gasteiger partial charge is 0.290 e. The maximum absolute atomic E-state index is 13.6. The van der Waals surface area contributed by atoms with Crippen molar-refractivity contribution in [3.05, 3.63) is 107 Å². The Morgan fingerprint density at radius 3 is 1.92 bits per heavy atom. The number of rotatable bonds is 5. The highest BCUT2D eigenvalue weighted by molar-refractivity contribution is 6.06. The predicted molar refractivity (Wildman–Crippen MR) is 138 cm³/mol. The SMILES string of the molecule is O=C(c1ccc(F)cc1)N1CCCC[C@@H](N2CCN(C(c3ccccc3)c3ccccc3)CC2)C1=O. The quantitative estimate of drug-likeness (QED) is 0.489. The molecule has 0 saturated carbocycles. The number of amides is 2. The Bertz CT molecular complexity index is 1120. The highest BCUT2D eigenvalue weighted by atomic mass is 19.1. The molecule has 2 saturated heterocycles. The van der Waals surface area contributed by atoms with E-state index in [0.29, 0.717) is 12.1 Å². The van der Waals surface area contributed by atoms with Gasteiger partial charge in [-0.1, -0.05) is 60.7 Å². The molecule has 0 bridgehead atoms. The Morgan fingerprint density at radius 2 is 1.33 bits per heavy atom. The highest BCUT2D eigenvalue weighted by Crippen LogP contribution is 2.30. The van der Waals surface area contributed by atoms with E-state index in [0.717, 1.165) is 45.4 Å². The smallest absolute Gasteiger partial charge is 0.260 e. The van der Waals surface area contributed by atoms with Gasteiger partial charge in [-0.3, -0.25) is 24.3 Å². The maximum atomic E-state index is 13.6. The molecule has 2 aliphatic heterocycles. The van der Waals surface area contributed by atoms with Gasteiger partial charge in [-0.15, -0.1) is 0 Å². The zero-order valence-electron chi connectivity index (χ0n) is 20.4. The number of benzene rings is 3. The Balaban J connectivity index is 1.30. The average Bonchev–Trinajstić information content (AvgIpc) is 3.12. The van der Waals surface area contributed by atoms with E-state index in [-0.39, 0.29) is 23.9 Å². The highest BCUT2D eigenvalue weighted by Gasteiger charge is 2.37. The van der Waals surface area contributed by atoms with E-state index in [1.807, 2.05) is 12.1 Å². The predicted octanol–water partition coefficient (Wildman–Crippen LogP) is 4.75. The molecule has 5 rings (SSSR count). The first-order valence-corrected chi connectivity index (χ1v) is 12.8. The summed E-state index contributed by atoms with van der Waals surface area (Å²) in [7, 11) is 0. The zero-order chi connectivity index (χ0) is 24.9. The van der Waals surface area contributed by atoms with Crippen LogP contribution in [0.4, 0.5) is 4.39 Å². The Hall–Kier alpha value is -3.35. The van der Waals surface area contributed by atoms with Gasteiger partial charge in [0.2, 0.25) is 5.91 Å². The lowest BCUT2D eigenvalue weighted by Gasteiger charge is -2.42. The van der Waals surface area contributed by atoms with Crippen molar-refractivity contribution in [2.45, 2.75) is 31.3 Å². The standard InChI is InChI=1S/C30H32FN3O2/c31-26-16-14-25(15-17-26)29(35)34-18-8-7-13-27(30(34)36)32-19-21-33(22-20-32)28(23-9-3-1-4-10-23)24-11-5-2-6-12-24/h1-6,9-12,14-17,27-28H,7-8,13,18-22H2/t27-/m1/s1. The lowest BCUT2D eigenvalue weighted by atomic mass is 9.96. The molecule has 2 heterocycles. The molecule has 0 aromatic heterocycles. The second kappa shape index (κ2) is 11.1. The number of imide groups is 1. The van der Waals surface area contributed by atoms with E-state index >= 15 is 0 Å². The minimum atomic E-state index is -0.395.